The van der Waals surface area contributed by atoms with Crippen LogP contribution in [-0.4, -0.2) is 14.8 Å². The minimum atomic E-state index is 0.185. The zero-order chi connectivity index (χ0) is 16.1. The van der Waals surface area contributed by atoms with Crippen molar-refractivity contribution in [1.29, 1.82) is 0 Å². The highest BCUT2D eigenvalue weighted by Gasteiger charge is 2.19. The van der Waals surface area contributed by atoms with Crippen LogP contribution < -0.4 is 0 Å². The van der Waals surface area contributed by atoms with E-state index in [9.17, 15) is 0 Å². The molecular weight excluding hydrogens is 302 g/mol. The van der Waals surface area contributed by atoms with Gasteiger partial charge in [-0.05, 0) is 18.1 Å². The maximum atomic E-state index is 4.35. The normalized spacial score (nSPS) is 10.9. The Morgan fingerprint density at radius 3 is 2.09 bits per heavy atom. The molecule has 3 rings (SSSR count). The topological polar surface area (TPSA) is 30.7 Å². The standard InChI is InChI=1S/C19H19N3S/c1-3-14-22-15(2)20-21-19(22)23-18(16-10-6-4-7-11-16)17-12-8-5-9-13-17/h3-13,18H,1,14H2,2H3. The molecule has 0 radical (unpaired) electrons. The highest BCUT2D eigenvalue weighted by atomic mass is 32.2. The Kier molecular flexibility index (Phi) is 4.93. The quantitative estimate of drug-likeness (QED) is 0.489. The lowest BCUT2D eigenvalue weighted by atomic mass is 10.0. The van der Waals surface area contributed by atoms with Crippen LogP contribution in [0.4, 0.5) is 0 Å². The molecule has 3 nitrogen and oxygen atoms in total. The molecule has 1 heterocycles. The average molecular weight is 321 g/mol. The summed E-state index contributed by atoms with van der Waals surface area (Å²) in [6.07, 6.45) is 1.88. The van der Waals surface area contributed by atoms with Crippen molar-refractivity contribution < 1.29 is 0 Å². The van der Waals surface area contributed by atoms with Crippen molar-refractivity contribution in [3.8, 4) is 0 Å². The summed E-state index contributed by atoms with van der Waals surface area (Å²) in [4.78, 5) is 0. The number of benzene rings is 2. The van der Waals surface area contributed by atoms with Gasteiger partial charge in [0, 0.05) is 6.54 Å². The monoisotopic (exact) mass is 321 g/mol. The van der Waals surface area contributed by atoms with Gasteiger partial charge >= 0.3 is 0 Å². The van der Waals surface area contributed by atoms with Crippen LogP contribution >= 0.6 is 11.8 Å². The van der Waals surface area contributed by atoms with Crippen LogP contribution in [0.1, 0.15) is 22.2 Å². The molecule has 0 bridgehead atoms. The van der Waals surface area contributed by atoms with E-state index in [1.54, 1.807) is 11.8 Å². The first-order chi connectivity index (χ1) is 11.3. The zero-order valence-electron chi connectivity index (χ0n) is 13.1. The van der Waals surface area contributed by atoms with Crippen LogP contribution in [0.15, 0.2) is 78.5 Å². The van der Waals surface area contributed by atoms with Crippen molar-refractivity contribution >= 4 is 11.8 Å². The van der Waals surface area contributed by atoms with Crippen molar-refractivity contribution in [2.24, 2.45) is 0 Å². The predicted molar refractivity (Wildman–Crippen MR) is 95.5 cm³/mol. The Morgan fingerprint density at radius 1 is 1.00 bits per heavy atom. The van der Waals surface area contributed by atoms with Gasteiger partial charge in [0.05, 0.1) is 5.25 Å². The lowest BCUT2D eigenvalue weighted by Crippen LogP contribution is -2.03. The second kappa shape index (κ2) is 7.29. The number of aryl methyl sites for hydroxylation is 1. The van der Waals surface area contributed by atoms with Gasteiger partial charge in [0.1, 0.15) is 5.82 Å². The predicted octanol–water partition coefficient (Wildman–Crippen LogP) is 4.65. The van der Waals surface area contributed by atoms with E-state index in [0.717, 1.165) is 17.5 Å². The molecule has 0 N–H and O–H groups in total. The first-order valence-electron chi connectivity index (χ1n) is 7.57. The molecule has 0 amide bonds. The molecule has 3 aromatic rings. The number of nitrogens with zero attached hydrogens (tertiary/aromatic N) is 3. The number of allylic oxidation sites excluding steroid dienone is 1. The molecule has 0 aliphatic rings. The van der Waals surface area contributed by atoms with Gasteiger partial charge in [-0.25, -0.2) is 0 Å². The fourth-order valence-corrected chi connectivity index (χ4v) is 3.70. The zero-order valence-corrected chi connectivity index (χ0v) is 13.9. The molecule has 0 fully saturated rings. The molecule has 0 aliphatic carbocycles. The maximum Gasteiger partial charge on any atom is 0.192 e. The SMILES string of the molecule is C=CCn1c(C)nnc1SC(c1ccccc1)c1ccccc1. The Hall–Kier alpha value is -2.33. The summed E-state index contributed by atoms with van der Waals surface area (Å²) in [7, 11) is 0. The second-order valence-corrected chi connectivity index (χ2v) is 6.32. The van der Waals surface area contributed by atoms with Gasteiger partial charge in [-0.2, -0.15) is 0 Å². The molecule has 0 unspecified atom stereocenters. The van der Waals surface area contributed by atoms with E-state index >= 15 is 0 Å². The van der Waals surface area contributed by atoms with E-state index in [4.69, 9.17) is 0 Å². The van der Waals surface area contributed by atoms with E-state index in [1.165, 1.54) is 11.1 Å². The third-order valence-electron chi connectivity index (χ3n) is 3.64. The molecule has 0 spiro atoms. The largest absolute Gasteiger partial charge is 0.302 e. The smallest absolute Gasteiger partial charge is 0.192 e. The van der Waals surface area contributed by atoms with Gasteiger partial charge < -0.3 is 4.57 Å². The van der Waals surface area contributed by atoms with E-state index in [-0.39, 0.29) is 5.25 Å². The van der Waals surface area contributed by atoms with Crippen LogP contribution in [0.25, 0.3) is 0 Å². The number of hydrogen-bond donors (Lipinski definition) is 0. The Morgan fingerprint density at radius 2 is 1.57 bits per heavy atom. The Labute approximate surface area is 141 Å². The van der Waals surface area contributed by atoms with E-state index < -0.39 is 0 Å². The number of hydrogen-bond acceptors (Lipinski definition) is 3. The van der Waals surface area contributed by atoms with Gasteiger partial charge in [-0.1, -0.05) is 78.5 Å². The minimum Gasteiger partial charge on any atom is -0.302 e. The van der Waals surface area contributed by atoms with E-state index in [2.05, 4.69) is 69.9 Å². The minimum absolute atomic E-state index is 0.185. The number of aromatic nitrogens is 3. The summed E-state index contributed by atoms with van der Waals surface area (Å²) in [6.45, 7) is 6.52. The van der Waals surface area contributed by atoms with E-state index in [0.29, 0.717) is 0 Å². The summed E-state index contributed by atoms with van der Waals surface area (Å²) in [6, 6.07) is 21.0. The van der Waals surface area contributed by atoms with Crippen molar-refractivity contribution in [3.63, 3.8) is 0 Å². The number of rotatable bonds is 6. The molecular formula is C19H19N3S. The lowest BCUT2D eigenvalue weighted by Gasteiger charge is -2.17. The van der Waals surface area contributed by atoms with Crippen LogP contribution in [0.5, 0.6) is 0 Å². The molecule has 0 aliphatic heterocycles. The van der Waals surface area contributed by atoms with Gasteiger partial charge in [-0.15, -0.1) is 16.8 Å². The number of thioether (sulfide) groups is 1. The second-order valence-electron chi connectivity index (χ2n) is 5.25. The Bertz CT molecular complexity index is 726. The van der Waals surface area contributed by atoms with Crippen molar-refractivity contribution in [2.75, 3.05) is 0 Å². The Balaban J connectivity index is 1.99. The lowest BCUT2D eigenvalue weighted by molar-refractivity contribution is 0.702. The average Bonchev–Trinajstić information content (AvgIpc) is 2.95. The third-order valence-corrected chi connectivity index (χ3v) is 4.93. The van der Waals surface area contributed by atoms with Crippen LogP contribution in [0.3, 0.4) is 0 Å². The maximum absolute atomic E-state index is 4.35. The van der Waals surface area contributed by atoms with Crippen LogP contribution in [0, 0.1) is 6.92 Å². The highest BCUT2D eigenvalue weighted by Crippen LogP contribution is 2.39. The fourth-order valence-electron chi connectivity index (χ4n) is 2.48. The highest BCUT2D eigenvalue weighted by molar-refractivity contribution is 7.99. The summed E-state index contributed by atoms with van der Waals surface area (Å²) in [5.74, 6) is 0.910. The fraction of sp³-hybridized carbons (Fsp3) is 0.158. The molecule has 2 aromatic carbocycles. The van der Waals surface area contributed by atoms with Gasteiger partial charge in [0.25, 0.3) is 0 Å². The summed E-state index contributed by atoms with van der Waals surface area (Å²) in [5, 5.41) is 9.67. The van der Waals surface area contributed by atoms with E-state index in [1.807, 2.05) is 25.1 Å². The van der Waals surface area contributed by atoms with Gasteiger partial charge in [-0.3, -0.25) is 0 Å². The van der Waals surface area contributed by atoms with Crippen molar-refractivity contribution in [1.82, 2.24) is 14.8 Å². The molecule has 0 saturated heterocycles. The molecule has 1 aromatic heterocycles. The van der Waals surface area contributed by atoms with Crippen LogP contribution in [-0.2, 0) is 6.54 Å². The summed E-state index contributed by atoms with van der Waals surface area (Å²) in [5.41, 5.74) is 2.52. The van der Waals surface area contributed by atoms with Crippen molar-refractivity contribution in [2.45, 2.75) is 23.9 Å². The summed E-state index contributed by atoms with van der Waals surface area (Å²) >= 11 is 1.72. The molecule has 4 heteroatoms. The molecule has 0 saturated carbocycles. The molecule has 0 atom stereocenters. The molecule has 116 valence electrons. The first kappa shape index (κ1) is 15.6. The van der Waals surface area contributed by atoms with Gasteiger partial charge in [0.15, 0.2) is 5.16 Å². The molecule has 23 heavy (non-hydrogen) atoms. The van der Waals surface area contributed by atoms with Crippen molar-refractivity contribution in [3.05, 3.63) is 90.3 Å². The van der Waals surface area contributed by atoms with Gasteiger partial charge in [0.2, 0.25) is 0 Å². The third kappa shape index (κ3) is 3.54. The first-order valence-corrected chi connectivity index (χ1v) is 8.45. The summed E-state index contributed by atoms with van der Waals surface area (Å²) < 4.78 is 2.09. The van der Waals surface area contributed by atoms with Crippen LogP contribution in [0.2, 0.25) is 0 Å².